The lowest BCUT2D eigenvalue weighted by Gasteiger charge is -2.24. The molecule has 0 aromatic heterocycles. The number of rotatable bonds is 13. The molecule has 4 heteroatoms. The largest absolute Gasteiger partial charge is 0.507 e. The maximum atomic E-state index is 12.4. The second-order valence-electron chi connectivity index (χ2n) is 9.95. The van der Waals surface area contributed by atoms with E-state index in [4.69, 9.17) is 0 Å². The van der Waals surface area contributed by atoms with Crippen molar-refractivity contribution in [3.63, 3.8) is 0 Å². The van der Waals surface area contributed by atoms with E-state index in [2.05, 4.69) is 26.0 Å². The van der Waals surface area contributed by atoms with Gasteiger partial charge in [0.2, 0.25) is 0 Å². The van der Waals surface area contributed by atoms with E-state index in [9.17, 15) is 19.7 Å². The van der Waals surface area contributed by atoms with Crippen molar-refractivity contribution in [2.75, 3.05) is 6.67 Å². The highest BCUT2D eigenvalue weighted by molar-refractivity contribution is 5.56. The topological polar surface area (TPSA) is 60.7 Å². The van der Waals surface area contributed by atoms with Gasteiger partial charge in [0.05, 0.1) is 5.60 Å². The first kappa shape index (κ1) is 29.0. The Bertz CT molecular complexity index is 846. The van der Waals surface area contributed by atoms with Crippen LogP contribution in [0, 0.1) is 20.8 Å². The molecule has 33 heavy (non-hydrogen) atoms. The van der Waals surface area contributed by atoms with Crippen LogP contribution in [0.4, 0.5) is 4.39 Å². The maximum Gasteiger partial charge on any atom is 0.122 e. The highest BCUT2D eigenvalue weighted by atomic mass is 19.1. The van der Waals surface area contributed by atoms with Crippen molar-refractivity contribution in [2.45, 2.75) is 105 Å². The monoisotopic (exact) mass is 460 g/mol. The van der Waals surface area contributed by atoms with Crippen LogP contribution in [0.25, 0.3) is 0 Å². The summed E-state index contributed by atoms with van der Waals surface area (Å²) in [5.74, 6) is 0.459. The molecule has 1 unspecified atom stereocenters. The van der Waals surface area contributed by atoms with E-state index in [0.29, 0.717) is 36.0 Å². The van der Waals surface area contributed by atoms with E-state index in [0.717, 1.165) is 43.2 Å². The average Bonchev–Trinajstić information content (AvgIpc) is 2.76. The van der Waals surface area contributed by atoms with Crippen LogP contribution in [-0.2, 0) is 6.42 Å². The molecule has 0 heterocycles. The van der Waals surface area contributed by atoms with Gasteiger partial charge in [-0.05, 0) is 122 Å². The molecule has 3 nitrogen and oxygen atoms in total. The van der Waals surface area contributed by atoms with Gasteiger partial charge in [-0.2, -0.15) is 0 Å². The number of hydrogen-bond acceptors (Lipinski definition) is 3. The molecule has 0 spiro atoms. The second kappa shape index (κ2) is 13.6. The zero-order valence-electron chi connectivity index (χ0n) is 21.8. The minimum atomic E-state index is -0.841. The fourth-order valence-corrected chi connectivity index (χ4v) is 3.99. The van der Waals surface area contributed by atoms with E-state index in [1.165, 1.54) is 11.1 Å². The first-order valence-corrected chi connectivity index (χ1v) is 12.2. The third kappa shape index (κ3) is 9.75. The molecule has 0 saturated heterocycles. The Morgan fingerprint density at radius 3 is 1.79 bits per heavy atom. The number of halogens is 1. The SMILES string of the molecule is C/C(=C\CC/C(C)=C/CC/C(C)=C/CCC(C)(O)CCc1c(C)c(O)c(C)c(C)c1O)CF. The Labute approximate surface area is 200 Å². The average molecular weight is 461 g/mol. The zero-order valence-corrected chi connectivity index (χ0v) is 21.8. The highest BCUT2D eigenvalue weighted by Crippen LogP contribution is 2.37. The summed E-state index contributed by atoms with van der Waals surface area (Å²) in [5.41, 5.74) is 5.43. The summed E-state index contributed by atoms with van der Waals surface area (Å²) in [5, 5.41) is 31.7. The first-order chi connectivity index (χ1) is 15.4. The summed E-state index contributed by atoms with van der Waals surface area (Å²) in [4.78, 5) is 0. The number of benzene rings is 1. The third-order valence-electron chi connectivity index (χ3n) is 6.73. The van der Waals surface area contributed by atoms with Crippen LogP contribution >= 0.6 is 0 Å². The molecule has 0 amide bonds. The van der Waals surface area contributed by atoms with Crippen LogP contribution in [0.1, 0.15) is 94.9 Å². The molecule has 3 N–H and O–H groups in total. The van der Waals surface area contributed by atoms with Gasteiger partial charge in [0, 0.05) is 5.56 Å². The Morgan fingerprint density at radius 2 is 1.24 bits per heavy atom. The minimum absolute atomic E-state index is 0.228. The van der Waals surface area contributed by atoms with Crippen LogP contribution in [0.2, 0.25) is 0 Å². The van der Waals surface area contributed by atoms with Crippen LogP contribution in [-0.4, -0.2) is 27.6 Å². The lowest BCUT2D eigenvalue weighted by atomic mass is 9.88. The molecular weight excluding hydrogens is 415 g/mol. The molecular formula is C29H45FO3. The van der Waals surface area contributed by atoms with Crippen molar-refractivity contribution in [3.05, 3.63) is 57.2 Å². The molecule has 1 aromatic rings. The molecule has 0 aliphatic heterocycles. The smallest absolute Gasteiger partial charge is 0.122 e. The number of hydrogen-bond donors (Lipinski definition) is 3. The summed E-state index contributed by atoms with van der Waals surface area (Å²) < 4.78 is 12.4. The van der Waals surface area contributed by atoms with Crippen LogP contribution in [0.5, 0.6) is 11.5 Å². The van der Waals surface area contributed by atoms with Gasteiger partial charge in [0.1, 0.15) is 18.2 Å². The normalized spacial score (nSPS) is 15.1. The number of allylic oxidation sites excluding steroid dienone is 6. The van der Waals surface area contributed by atoms with Crippen LogP contribution in [0.3, 0.4) is 0 Å². The van der Waals surface area contributed by atoms with Crippen LogP contribution in [0.15, 0.2) is 34.9 Å². The van der Waals surface area contributed by atoms with Gasteiger partial charge in [-0.15, -0.1) is 0 Å². The molecule has 186 valence electrons. The second-order valence-corrected chi connectivity index (χ2v) is 9.95. The summed E-state index contributed by atoms with van der Waals surface area (Å²) >= 11 is 0. The van der Waals surface area contributed by atoms with E-state index < -0.39 is 5.60 Å². The summed E-state index contributed by atoms with van der Waals surface area (Å²) in [6, 6.07) is 0. The molecule has 0 bridgehead atoms. The fourth-order valence-electron chi connectivity index (χ4n) is 3.99. The molecule has 0 saturated carbocycles. The van der Waals surface area contributed by atoms with E-state index in [-0.39, 0.29) is 18.2 Å². The first-order valence-electron chi connectivity index (χ1n) is 12.2. The predicted molar refractivity (Wildman–Crippen MR) is 138 cm³/mol. The van der Waals surface area contributed by atoms with Gasteiger partial charge in [0.15, 0.2) is 0 Å². The molecule has 1 rings (SSSR count). The van der Waals surface area contributed by atoms with Crippen molar-refractivity contribution < 1.29 is 19.7 Å². The zero-order chi connectivity index (χ0) is 25.2. The lowest BCUT2D eigenvalue weighted by molar-refractivity contribution is 0.0431. The molecule has 0 radical (unpaired) electrons. The third-order valence-corrected chi connectivity index (χ3v) is 6.73. The number of aromatic hydroxyl groups is 2. The highest BCUT2D eigenvalue weighted by Gasteiger charge is 2.23. The number of alkyl halides is 1. The minimum Gasteiger partial charge on any atom is -0.507 e. The Balaban J connectivity index is 2.51. The van der Waals surface area contributed by atoms with Crippen molar-refractivity contribution in [2.24, 2.45) is 0 Å². The van der Waals surface area contributed by atoms with Crippen molar-refractivity contribution in [1.29, 1.82) is 0 Å². The van der Waals surface area contributed by atoms with Gasteiger partial charge in [-0.1, -0.05) is 29.4 Å². The number of phenolic OH excluding ortho intramolecular Hbond substituents is 2. The fraction of sp³-hybridized carbons (Fsp3) is 0.586. The van der Waals surface area contributed by atoms with Crippen molar-refractivity contribution in [3.8, 4) is 11.5 Å². The van der Waals surface area contributed by atoms with Gasteiger partial charge in [-0.3, -0.25) is 0 Å². The van der Waals surface area contributed by atoms with Gasteiger partial charge in [0.25, 0.3) is 0 Å². The Kier molecular flexibility index (Phi) is 11.9. The summed E-state index contributed by atoms with van der Waals surface area (Å²) in [7, 11) is 0. The van der Waals surface area contributed by atoms with Gasteiger partial charge < -0.3 is 15.3 Å². The molecule has 1 atom stereocenters. The van der Waals surface area contributed by atoms with Crippen molar-refractivity contribution >= 4 is 0 Å². The van der Waals surface area contributed by atoms with Gasteiger partial charge >= 0.3 is 0 Å². The maximum absolute atomic E-state index is 12.4. The van der Waals surface area contributed by atoms with Gasteiger partial charge in [-0.25, -0.2) is 4.39 Å². The molecule has 1 aromatic carbocycles. The van der Waals surface area contributed by atoms with E-state index in [1.54, 1.807) is 13.8 Å². The number of phenols is 2. The quantitative estimate of drug-likeness (QED) is 0.207. The summed E-state index contributed by atoms with van der Waals surface area (Å²) in [6.45, 7) is 13.0. The predicted octanol–water partition coefficient (Wildman–Crippen LogP) is 7.86. The van der Waals surface area contributed by atoms with E-state index in [1.807, 2.05) is 26.8 Å². The standard InChI is InChI=1S/C29H45FO3/c1-20(13-9-14-22(3)19-30)11-8-12-21(2)15-10-17-29(7,33)18-16-26-25(6)27(31)23(4)24(5)28(26)32/h11,14-15,31-33H,8-10,12-13,16-19H2,1-7H3/b20-11+,21-15+,22-14+. The Hall–Kier alpha value is -2.07. The molecule has 0 aliphatic carbocycles. The van der Waals surface area contributed by atoms with E-state index >= 15 is 0 Å². The molecule has 0 aliphatic rings. The van der Waals surface area contributed by atoms with Crippen LogP contribution < -0.4 is 0 Å². The summed E-state index contributed by atoms with van der Waals surface area (Å²) in [6.07, 6.45) is 12.8. The van der Waals surface area contributed by atoms with Crippen molar-refractivity contribution in [1.82, 2.24) is 0 Å². The number of aliphatic hydroxyl groups is 1. The Morgan fingerprint density at radius 1 is 0.758 bits per heavy atom. The molecule has 0 fully saturated rings. The lowest BCUT2D eigenvalue weighted by Crippen LogP contribution is -2.24.